The molecular weight excluding hydrogens is 420 g/mol. The molecule has 4 rings (SSSR count). The molecule has 3 amide bonds. The van der Waals surface area contributed by atoms with Crippen molar-refractivity contribution in [2.75, 3.05) is 19.6 Å². The van der Waals surface area contributed by atoms with E-state index in [9.17, 15) is 19.2 Å². The topological polar surface area (TPSA) is 97.1 Å². The summed E-state index contributed by atoms with van der Waals surface area (Å²) in [5.74, 6) is -0.882. The first-order chi connectivity index (χ1) is 15.0. The normalized spacial score (nSPS) is 18.0. The average Bonchev–Trinajstić information content (AvgIpc) is 3.41. The van der Waals surface area contributed by atoms with E-state index < -0.39 is 17.1 Å². The lowest BCUT2D eigenvalue weighted by Gasteiger charge is -2.27. The lowest BCUT2D eigenvalue weighted by molar-refractivity contribution is -0.136. The van der Waals surface area contributed by atoms with Crippen LogP contribution in [0.3, 0.4) is 0 Å². The molecule has 0 bridgehead atoms. The first-order valence-corrected chi connectivity index (χ1v) is 10.7. The van der Waals surface area contributed by atoms with Crippen LogP contribution >= 0.6 is 11.8 Å². The predicted molar refractivity (Wildman–Crippen MR) is 113 cm³/mol. The Labute approximate surface area is 182 Å². The summed E-state index contributed by atoms with van der Waals surface area (Å²) in [5, 5.41) is -0.453. The molecule has 0 spiro atoms. The van der Waals surface area contributed by atoms with E-state index in [1.165, 1.54) is 12.3 Å². The number of likely N-dealkylation sites (tertiary alicyclic amines) is 1. The van der Waals surface area contributed by atoms with Crippen molar-refractivity contribution >= 4 is 40.9 Å². The number of thioether (sulfide) groups is 1. The number of furan rings is 1. The van der Waals surface area contributed by atoms with E-state index in [0.29, 0.717) is 24.4 Å². The Kier molecular flexibility index (Phi) is 6.22. The summed E-state index contributed by atoms with van der Waals surface area (Å²) in [6.45, 7) is 1.10. The minimum Gasteiger partial charge on any atom is -0.457 e. The van der Waals surface area contributed by atoms with Gasteiger partial charge >= 0.3 is 5.97 Å². The Morgan fingerprint density at radius 1 is 1.06 bits per heavy atom. The number of imide groups is 1. The summed E-state index contributed by atoms with van der Waals surface area (Å²) in [7, 11) is 0. The molecule has 9 heteroatoms. The summed E-state index contributed by atoms with van der Waals surface area (Å²) >= 11 is 0.808. The number of esters is 1. The number of carbonyl (C=O) groups excluding carboxylic acids is 4. The Hall–Kier alpha value is -3.33. The van der Waals surface area contributed by atoms with Crippen molar-refractivity contribution in [2.24, 2.45) is 0 Å². The third-order valence-corrected chi connectivity index (χ3v) is 5.89. The van der Waals surface area contributed by atoms with E-state index >= 15 is 0 Å². The maximum absolute atomic E-state index is 12.6. The van der Waals surface area contributed by atoms with Gasteiger partial charge in [0.25, 0.3) is 11.1 Å². The third kappa shape index (κ3) is 4.88. The minimum atomic E-state index is -0.614. The van der Waals surface area contributed by atoms with Crippen LogP contribution in [0.15, 0.2) is 52.0 Å². The zero-order valence-electron chi connectivity index (χ0n) is 16.6. The van der Waals surface area contributed by atoms with Crippen molar-refractivity contribution in [1.82, 2.24) is 9.80 Å². The molecule has 1 aromatic heterocycles. The largest absolute Gasteiger partial charge is 0.457 e. The molecule has 0 saturated carbocycles. The second kappa shape index (κ2) is 9.22. The molecule has 8 nitrogen and oxygen atoms in total. The third-order valence-electron chi connectivity index (χ3n) is 4.99. The standard InChI is InChI=1S/C22H20N2O6S/c25-19(23-10-2-1-3-11-23)14-24-20(26)18(31-22(24)28)13-15-6-8-16(9-7-15)30-21(27)17-5-4-12-29-17/h4-9,12-13H,1-3,10-11,14H2/b18-13-. The van der Waals surface area contributed by atoms with Crippen molar-refractivity contribution in [2.45, 2.75) is 19.3 Å². The van der Waals surface area contributed by atoms with E-state index in [1.807, 2.05) is 0 Å². The molecule has 0 unspecified atom stereocenters. The van der Waals surface area contributed by atoms with Crippen LogP contribution in [-0.2, 0) is 9.59 Å². The van der Waals surface area contributed by atoms with Gasteiger partial charge in [0, 0.05) is 13.1 Å². The summed E-state index contributed by atoms with van der Waals surface area (Å²) in [4.78, 5) is 52.2. The van der Waals surface area contributed by atoms with Gasteiger partial charge in [0.05, 0.1) is 11.2 Å². The molecule has 31 heavy (non-hydrogen) atoms. The van der Waals surface area contributed by atoms with Gasteiger partial charge in [-0.3, -0.25) is 19.3 Å². The van der Waals surface area contributed by atoms with Crippen LogP contribution in [0.25, 0.3) is 6.08 Å². The van der Waals surface area contributed by atoms with Crippen LogP contribution < -0.4 is 4.74 Å². The van der Waals surface area contributed by atoms with Gasteiger partial charge in [-0.2, -0.15) is 0 Å². The van der Waals surface area contributed by atoms with Crippen molar-refractivity contribution in [3.05, 3.63) is 58.9 Å². The summed E-state index contributed by atoms with van der Waals surface area (Å²) in [6, 6.07) is 9.58. The first-order valence-electron chi connectivity index (χ1n) is 9.90. The highest BCUT2D eigenvalue weighted by molar-refractivity contribution is 8.18. The second-order valence-corrected chi connectivity index (χ2v) is 8.14. The zero-order valence-corrected chi connectivity index (χ0v) is 17.4. The lowest BCUT2D eigenvalue weighted by Crippen LogP contribution is -2.44. The molecular formula is C22H20N2O6S. The summed E-state index contributed by atoms with van der Waals surface area (Å²) in [5.41, 5.74) is 0.658. The molecule has 0 aliphatic carbocycles. The molecule has 2 saturated heterocycles. The Balaban J connectivity index is 1.39. The second-order valence-electron chi connectivity index (χ2n) is 7.15. The number of hydrogen-bond donors (Lipinski definition) is 0. The number of hydrogen-bond acceptors (Lipinski definition) is 7. The number of benzene rings is 1. The minimum absolute atomic E-state index is 0.0943. The lowest BCUT2D eigenvalue weighted by atomic mass is 10.1. The molecule has 2 aromatic rings. The number of nitrogens with zero attached hydrogens (tertiary/aromatic N) is 2. The predicted octanol–water partition coefficient (Wildman–Crippen LogP) is 3.55. The van der Waals surface area contributed by atoms with E-state index in [2.05, 4.69) is 0 Å². The summed E-state index contributed by atoms with van der Waals surface area (Å²) < 4.78 is 10.2. The number of piperidine rings is 1. The molecule has 160 valence electrons. The van der Waals surface area contributed by atoms with Gasteiger partial charge in [0.2, 0.25) is 11.7 Å². The molecule has 3 heterocycles. The van der Waals surface area contributed by atoms with Crippen LogP contribution in [-0.4, -0.2) is 52.5 Å². The SMILES string of the molecule is O=C(Oc1ccc(/C=C2\SC(=O)N(CC(=O)N3CCCCC3)C2=O)cc1)c1ccco1. The van der Waals surface area contributed by atoms with Crippen LogP contribution in [0.4, 0.5) is 4.79 Å². The molecule has 1 aromatic carbocycles. The van der Waals surface area contributed by atoms with Gasteiger partial charge in [-0.05, 0) is 66.9 Å². The van der Waals surface area contributed by atoms with E-state index in [4.69, 9.17) is 9.15 Å². The highest BCUT2D eigenvalue weighted by atomic mass is 32.2. The molecule has 0 atom stereocenters. The van der Waals surface area contributed by atoms with E-state index in [-0.39, 0.29) is 23.1 Å². The highest BCUT2D eigenvalue weighted by Gasteiger charge is 2.37. The quantitative estimate of drug-likeness (QED) is 0.398. The average molecular weight is 440 g/mol. The number of amides is 3. The Morgan fingerprint density at radius 3 is 2.48 bits per heavy atom. The van der Waals surface area contributed by atoms with Crippen molar-refractivity contribution in [1.29, 1.82) is 0 Å². The molecule has 2 aliphatic heterocycles. The Bertz CT molecular complexity index is 1020. The highest BCUT2D eigenvalue weighted by Crippen LogP contribution is 2.32. The number of rotatable bonds is 5. The van der Waals surface area contributed by atoms with E-state index in [0.717, 1.165) is 35.9 Å². The maximum Gasteiger partial charge on any atom is 0.379 e. The number of ether oxygens (including phenoxy) is 1. The van der Waals surface area contributed by atoms with Gasteiger partial charge in [0.1, 0.15) is 12.3 Å². The molecule has 0 N–H and O–H groups in total. The zero-order chi connectivity index (χ0) is 21.8. The van der Waals surface area contributed by atoms with Gasteiger partial charge in [-0.1, -0.05) is 12.1 Å². The smallest absolute Gasteiger partial charge is 0.379 e. The maximum atomic E-state index is 12.6. The van der Waals surface area contributed by atoms with Gasteiger partial charge in [-0.15, -0.1) is 0 Å². The van der Waals surface area contributed by atoms with Gasteiger partial charge in [-0.25, -0.2) is 4.79 Å². The molecule has 0 radical (unpaired) electrons. The van der Waals surface area contributed by atoms with Gasteiger partial charge < -0.3 is 14.1 Å². The fourth-order valence-corrected chi connectivity index (χ4v) is 4.19. The van der Waals surface area contributed by atoms with Crippen molar-refractivity contribution in [3.63, 3.8) is 0 Å². The van der Waals surface area contributed by atoms with E-state index in [1.54, 1.807) is 41.3 Å². The van der Waals surface area contributed by atoms with Crippen LogP contribution in [0.1, 0.15) is 35.4 Å². The first kappa shape index (κ1) is 20.9. The van der Waals surface area contributed by atoms with Crippen LogP contribution in [0.2, 0.25) is 0 Å². The Morgan fingerprint density at radius 2 is 1.81 bits per heavy atom. The monoisotopic (exact) mass is 440 g/mol. The van der Waals surface area contributed by atoms with Crippen LogP contribution in [0, 0.1) is 0 Å². The fraction of sp³-hybridized carbons (Fsp3) is 0.273. The summed E-state index contributed by atoms with van der Waals surface area (Å²) in [6.07, 6.45) is 5.94. The molecule has 2 fully saturated rings. The van der Waals surface area contributed by atoms with Crippen molar-refractivity contribution < 1.29 is 28.3 Å². The molecule has 2 aliphatic rings. The van der Waals surface area contributed by atoms with Crippen molar-refractivity contribution in [3.8, 4) is 5.75 Å². The number of carbonyl (C=O) groups is 4. The van der Waals surface area contributed by atoms with Gasteiger partial charge in [0.15, 0.2) is 0 Å². The fourth-order valence-electron chi connectivity index (χ4n) is 3.35. The van der Waals surface area contributed by atoms with Crippen LogP contribution in [0.5, 0.6) is 5.75 Å².